The van der Waals surface area contributed by atoms with Crippen molar-refractivity contribution >= 4 is 23.2 Å². The van der Waals surface area contributed by atoms with E-state index in [0.717, 1.165) is 12.8 Å². The summed E-state index contributed by atoms with van der Waals surface area (Å²) in [5.41, 5.74) is -0.190. The second-order valence-corrected chi connectivity index (χ2v) is 5.60. The van der Waals surface area contributed by atoms with Crippen molar-refractivity contribution in [2.75, 3.05) is 26.8 Å². The smallest absolute Gasteiger partial charge is 0.282 e. The third-order valence-electron chi connectivity index (χ3n) is 3.61. The number of amides is 1. The maximum absolute atomic E-state index is 12.4. The number of halogens is 1. The van der Waals surface area contributed by atoms with E-state index in [2.05, 4.69) is 0 Å². The molecule has 21 heavy (non-hydrogen) atoms. The van der Waals surface area contributed by atoms with Gasteiger partial charge in [0.2, 0.25) is 0 Å². The predicted molar refractivity (Wildman–Crippen MR) is 78.6 cm³/mol. The summed E-state index contributed by atoms with van der Waals surface area (Å²) in [7, 11) is 1.66. The minimum absolute atomic E-state index is 0.0297. The van der Waals surface area contributed by atoms with Crippen LogP contribution in [0.3, 0.4) is 0 Å². The molecule has 1 heterocycles. The van der Waals surface area contributed by atoms with Crippen molar-refractivity contribution in [3.05, 3.63) is 38.9 Å². The highest BCUT2D eigenvalue weighted by atomic mass is 35.5. The Morgan fingerprint density at radius 1 is 1.48 bits per heavy atom. The molecule has 1 aromatic carbocycles. The monoisotopic (exact) mass is 312 g/mol. The highest BCUT2D eigenvalue weighted by Crippen LogP contribution is 2.25. The van der Waals surface area contributed by atoms with E-state index >= 15 is 0 Å². The van der Waals surface area contributed by atoms with E-state index in [-0.39, 0.29) is 17.2 Å². The SMILES string of the molecule is CN(CC1CCOCC1)C(=O)c1cc(Cl)ccc1[N+](=O)[O-]. The van der Waals surface area contributed by atoms with E-state index in [0.29, 0.717) is 30.7 Å². The van der Waals surface area contributed by atoms with Gasteiger partial charge in [0, 0.05) is 37.9 Å². The summed E-state index contributed by atoms with van der Waals surface area (Å²) in [6.07, 6.45) is 1.80. The topological polar surface area (TPSA) is 72.7 Å². The third kappa shape index (κ3) is 3.92. The van der Waals surface area contributed by atoms with Gasteiger partial charge in [-0.3, -0.25) is 14.9 Å². The molecule has 0 unspecified atom stereocenters. The fraction of sp³-hybridized carbons (Fsp3) is 0.500. The molecule has 0 N–H and O–H groups in total. The molecule has 1 fully saturated rings. The first kappa shape index (κ1) is 15.7. The molecule has 1 aromatic rings. The number of nitrogens with zero attached hydrogens (tertiary/aromatic N) is 2. The van der Waals surface area contributed by atoms with Crippen LogP contribution in [0.5, 0.6) is 0 Å². The van der Waals surface area contributed by atoms with Crippen molar-refractivity contribution in [2.45, 2.75) is 12.8 Å². The van der Waals surface area contributed by atoms with Gasteiger partial charge in [-0.15, -0.1) is 0 Å². The molecule has 0 aliphatic carbocycles. The largest absolute Gasteiger partial charge is 0.381 e. The molecule has 6 nitrogen and oxygen atoms in total. The van der Waals surface area contributed by atoms with Crippen LogP contribution in [-0.4, -0.2) is 42.5 Å². The van der Waals surface area contributed by atoms with Crippen LogP contribution in [0.25, 0.3) is 0 Å². The number of ether oxygens (including phenoxy) is 1. The summed E-state index contributed by atoms with van der Waals surface area (Å²) < 4.78 is 5.28. The molecule has 1 aliphatic rings. The second kappa shape index (κ2) is 6.87. The molecule has 0 spiro atoms. The van der Waals surface area contributed by atoms with E-state index in [1.807, 2.05) is 0 Å². The summed E-state index contributed by atoms with van der Waals surface area (Å²) >= 11 is 5.85. The summed E-state index contributed by atoms with van der Waals surface area (Å²) in [5.74, 6) is -0.0124. The van der Waals surface area contributed by atoms with Crippen LogP contribution in [0.4, 0.5) is 5.69 Å². The molecular weight excluding hydrogens is 296 g/mol. The highest BCUT2D eigenvalue weighted by molar-refractivity contribution is 6.31. The van der Waals surface area contributed by atoms with Gasteiger partial charge >= 0.3 is 0 Å². The molecule has 0 radical (unpaired) electrons. The average Bonchev–Trinajstić information content (AvgIpc) is 2.47. The highest BCUT2D eigenvalue weighted by Gasteiger charge is 2.25. The summed E-state index contributed by atoms with van der Waals surface area (Å²) in [5, 5.41) is 11.3. The van der Waals surface area contributed by atoms with Gasteiger partial charge in [0.1, 0.15) is 5.56 Å². The van der Waals surface area contributed by atoms with E-state index in [9.17, 15) is 14.9 Å². The molecule has 2 rings (SSSR count). The Balaban J connectivity index is 2.14. The van der Waals surface area contributed by atoms with Gasteiger partial charge in [-0.1, -0.05) is 11.6 Å². The second-order valence-electron chi connectivity index (χ2n) is 5.16. The van der Waals surface area contributed by atoms with Crippen LogP contribution in [-0.2, 0) is 4.74 Å². The molecule has 0 aromatic heterocycles. The number of nitro groups is 1. The molecule has 1 aliphatic heterocycles. The lowest BCUT2D eigenvalue weighted by Crippen LogP contribution is -2.34. The van der Waals surface area contributed by atoms with Gasteiger partial charge in [-0.2, -0.15) is 0 Å². The maximum atomic E-state index is 12.4. The Morgan fingerprint density at radius 3 is 2.76 bits per heavy atom. The van der Waals surface area contributed by atoms with Crippen LogP contribution in [0, 0.1) is 16.0 Å². The Bertz CT molecular complexity index is 544. The quantitative estimate of drug-likeness (QED) is 0.633. The van der Waals surface area contributed by atoms with Crippen LogP contribution in [0.15, 0.2) is 18.2 Å². The maximum Gasteiger partial charge on any atom is 0.282 e. The standard InChI is InChI=1S/C14H17ClN2O4/c1-16(9-10-4-6-21-7-5-10)14(18)12-8-11(15)2-3-13(12)17(19)20/h2-3,8,10H,4-7,9H2,1H3. The summed E-state index contributed by atoms with van der Waals surface area (Å²) in [6.45, 7) is 1.96. The van der Waals surface area contributed by atoms with E-state index in [4.69, 9.17) is 16.3 Å². The number of rotatable bonds is 4. The molecule has 0 bridgehead atoms. The summed E-state index contributed by atoms with van der Waals surface area (Å²) in [4.78, 5) is 24.4. The van der Waals surface area contributed by atoms with Gasteiger partial charge < -0.3 is 9.64 Å². The van der Waals surface area contributed by atoms with Crippen LogP contribution < -0.4 is 0 Å². The van der Waals surface area contributed by atoms with E-state index in [1.165, 1.54) is 23.1 Å². The van der Waals surface area contributed by atoms with Crippen LogP contribution in [0.2, 0.25) is 5.02 Å². The van der Waals surface area contributed by atoms with Crippen molar-refractivity contribution in [3.8, 4) is 0 Å². The minimum atomic E-state index is -0.564. The zero-order chi connectivity index (χ0) is 15.4. The van der Waals surface area contributed by atoms with Crippen molar-refractivity contribution in [3.63, 3.8) is 0 Å². The minimum Gasteiger partial charge on any atom is -0.381 e. The van der Waals surface area contributed by atoms with E-state index in [1.54, 1.807) is 7.05 Å². The zero-order valence-corrected chi connectivity index (χ0v) is 12.5. The lowest BCUT2D eigenvalue weighted by molar-refractivity contribution is -0.385. The fourth-order valence-corrected chi connectivity index (χ4v) is 2.62. The lowest BCUT2D eigenvalue weighted by atomic mass is 9.99. The molecule has 114 valence electrons. The average molecular weight is 313 g/mol. The number of benzene rings is 1. The van der Waals surface area contributed by atoms with Gasteiger partial charge in [0.05, 0.1) is 4.92 Å². The van der Waals surface area contributed by atoms with Crippen molar-refractivity contribution in [2.24, 2.45) is 5.92 Å². The molecule has 1 saturated heterocycles. The van der Waals surface area contributed by atoms with Gasteiger partial charge in [-0.25, -0.2) is 0 Å². The Kier molecular flexibility index (Phi) is 5.14. The Hall–Kier alpha value is -1.66. The van der Waals surface area contributed by atoms with Crippen molar-refractivity contribution in [1.82, 2.24) is 4.90 Å². The van der Waals surface area contributed by atoms with Crippen LogP contribution >= 0.6 is 11.6 Å². The number of hydrogen-bond donors (Lipinski definition) is 0. The van der Waals surface area contributed by atoms with Gasteiger partial charge in [-0.05, 0) is 30.9 Å². The third-order valence-corrected chi connectivity index (χ3v) is 3.84. The fourth-order valence-electron chi connectivity index (χ4n) is 2.44. The number of carbonyl (C=O) groups excluding carboxylic acids is 1. The number of nitro benzene ring substituents is 1. The lowest BCUT2D eigenvalue weighted by Gasteiger charge is -2.27. The molecule has 0 atom stereocenters. The normalized spacial score (nSPS) is 15.7. The van der Waals surface area contributed by atoms with E-state index < -0.39 is 4.92 Å². The number of hydrogen-bond acceptors (Lipinski definition) is 4. The predicted octanol–water partition coefficient (Wildman–Crippen LogP) is 2.75. The zero-order valence-electron chi connectivity index (χ0n) is 11.8. The first-order valence-corrected chi connectivity index (χ1v) is 7.14. The molecule has 0 saturated carbocycles. The van der Waals surface area contributed by atoms with Gasteiger partial charge in [0.15, 0.2) is 0 Å². The van der Waals surface area contributed by atoms with Crippen molar-refractivity contribution < 1.29 is 14.5 Å². The summed E-state index contributed by atoms with van der Waals surface area (Å²) in [6, 6.07) is 4.02. The Labute approximate surface area is 127 Å². The first-order chi connectivity index (χ1) is 9.99. The Morgan fingerprint density at radius 2 is 2.14 bits per heavy atom. The molecular formula is C14H17ClN2O4. The number of carbonyl (C=O) groups is 1. The van der Waals surface area contributed by atoms with Gasteiger partial charge in [0.25, 0.3) is 11.6 Å². The molecule has 1 amide bonds. The molecule has 7 heteroatoms. The first-order valence-electron chi connectivity index (χ1n) is 6.76. The van der Waals surface area contributed by atoms with Crippen molar-refractivity contribution in [1.29, 1.82) is 0 Å². The van der Waals surface area contributed by atoms with Crippen LogP contribution in [0.1, 0.15) is 23.2 Å².